The maximum absolute atomic E-state index is 12.3. The van der Waals surface area contributed by atoms with Crippen molar-refractivity contribution in [3.63, 3.8) is 0 Å². The van der Waals surface area contributed by atoms with Crippen LogP contribution in [0.4, 0.5) is 8.78 Å². The van der Waals surface area contributed by atoms with Crippen molar-refractivity contribution in [2.75, 3.05) is 0 Å². The van der Waals surface area contributed by atoms with Crippen LogP contribution in [0.2, 0.25) is 0 Å². The molecule has 0 aliphatic heterocycles. The van der Waals surface area contributed by atoms with Crippen molar-refractivity contribution in [3.8, 4) is 5.75 Å². The lowest BCUT2D eigenvalue weighted by molar-refractivity contribution is -0.0506. The number of nitrogens with two attached hydrogens (primary N) is 1. The summed E-state index contributed by atoms with van der Waals surface area (Å²) in [6.07, 6.45) is 3.39. The molecule has 96 valence electrons. The van der Waals surface area contributed by atoms with Crippen molar-refractivity contribution < 1.29 is 13.5 Å². The van der Waals surface area contributed by atoms with Gasteiger partial charge in [-0.3, -0.25) is 4.68 Å². The summed E-state index contributed by atoms with van der Waals surface area (Å²) in [6.45, 7) is -2.46. The maximum Gasteiger partial charge on any atom is 0.387 e. The van der Waals surface area contributed by atoms with Crippen LogP contribution in [-0.2, 0) is 6.54 Å². The average Bonchev–Trinajstić information content (AvgIpc) is 2.81. The molecule has 2 rings (SSSR count). The molecule has 0 radical (unpaired) electrons. The molecule has 0 saturated heterocycles. The van der Waals surface area contributed by atoms with Gasteiger partial charge in [-0.2, -0.15) is 13.9 Å². The summed E-state index contributed by atoms with van der Waals surface area (Å²) in [6, 6.07) is 7.82. The van der Waals surface area contributed by atoms with Gasteiger partial charge in [0.1, 0.15) is 5.75 Å². The van der Waals surface area contributed by atoms with E-state index in [1.165, 1.54) is 6.07 Å². The first-order chi connectivity index (χ1) is 8.66. The van der Waals surface area contributed by atoms with E-state index in [-0.39, 0.29) is 5.75 Å². The zero-order valence-electron chi connectivity index (χ0n) is 9.54. The summed E-state index contributed by atoms with van der Waals surface area (Å²) in [5.74, 6) is 0.104. The van der Waals surface area contributed by atoms with Crippen LogP contribution >= 0.6 is 0 Å². The lowest BCUT2D eigenvalue weighted by Crippen LogP contribution is -2.19. The van der Waals surface area contributed by atoms with Gasteiger partial charge in [-0.1, -0.05) is 18.2 Å². The van der Waals surface area contributed by atoms with Crippen LogP contribution in [-0.4, -0.2) is 16.4 Å². The van der Waals surface area contributed by atoms with Crippen LogP contribution < -0.4 is 10.5 Å². The van der Waals surface area contributed by atoms with Crippen molar-refractivity contribution in [1.29, 1.82) is 0 Å². The Bertz CT molecular complexity index is 488. The highest BCUT2D eigenvalue weighted by atomic mass is 19.3. The standard InChI is InChI=1S/C12H13F2N3O/c13-12(14)18-11-5-2-1-4-9(11)10(15)8-17-7-3-6-16-17/h1-7,10,12H,8,15H2. The number of hydrogen-bond donors (Lipinski definition) is 1. The van der Waals surface area contributed by atoms with Crippen LogP contribution in [0.1, 0.15) is 11.6 Å². The quantitative estimate of drug-likeness (QED) is 0.888. The number of aromatic nitrogens is 2. The molecule has 0 saturated carbocycles. The molecule has 4 nitrogen and oxygen atoms in total. The molecule has 1 heterocycles. The molecular formula is C12H13F2N3O. The minimum atomic E-state index is -2.86. The first-order valence-electron chi connectivity index (χ1n) is 5.43. The molecule has 0 aliphatic carbocycles. The lowest BCUT2D eigenvalue weighted by Gasteiger charge is -2.16. The fourth-order valence-electron chi connectivity index (χ4n) is 1.70. The summed E-state index contributed by atoms with van der Waals surface area (Å²) in [5.41, 5.74) is 6.51. The van der Waals surface area contributed by atoms with Crippen LogP contribution in [0, 0.1) is 0 Å². The normalized spacial score (nSPS) is 12.7. The third kappa shape index (κ3) is 3.04. The molecule has 18 heavy (non-hydrogen) atoms. The smallest absolute Gasteiger partial charge is 0.387 e. The van der Waals surface area contributed by atoms with Gasteiger partial charge in [-0.15, -0.1) is 0 Å². The van der Waals surface area contributed by atoms with Crippen LogP contribution in [0.3, 0.4) is 0 Å². The number of rotatable bonds is 5. The number of hydrogen-bond acceptors (Lipinski definition) is 3. The van der Waals surface area contributed by atoms with Gasteiger partial charge in [-0.05, 0) is 12.1 Å². The number of nitrogens with zero attached hydrogens (tertiary/aromatic N) is 2. The van der Waals surface area contributed by atoms with E-state index in [2.05, 4.69) is 9.84 Å². The zero-order chi connectivity index (χ0) is 13.0. The Morgan fingerprint density at radius 3 is 2.72 bits per heavy atom. The first kappa shape index (κ1) is 12.5. The molecule has 0 spiro atoms. The summed E-state index contributed by atoms with van der Waals surface area (Å²) in [4.78, 5) is 0. The van der Waals surface area contributed by atoms with Crippen LogP contribution in [0.25, 0.3) is 0 Å². The fraction of sp³-hybridized carbons (Fsp3) is 0.250. The summed E-state index contributed by atoms with van der Waals surface area (Å²) in [7, 11) is 0. The topological polar surface area (TPSA) is 53.1 Å². The Morgan fingerprint density at radius 2 is 2.06 bits per heavy atom. The third-order valence-electron chi connectivity index (χ3n) is 2.48. The van der Waals surface area contributed by atoms with Gasteiger partial charge < -0.3 is 10.5 Å². The van der Waals surface area contributed by atoms with Crippen molar-refractivity contribution in [2.45, 2.75) is 19.2 Å². The number of para-hydroxylation sites is 1. The molecule has 6 heteroatoms. The zero-order valence-corrected chi connectivity index (χ0v) is 9.54. The van der Waals surface area contributed by atoms with Gasteiger partial charge in [0.2, 0.25) is 0 Å². The van der Waals surface area contributed by atoms with Gasteiger partial charge in [0, 0.05) is 18.0 Å². The number of benzene rings is 1. The number of alkyl halides is 2. The van der Waals surface area contributed by atoms with E-state index < -0.39 is 12.7 Å². The Balaban J connectivity index is 2.16. The van der Waals surface area contributed by atoms with Gasteiger partial charge in [0.15, 0.2) is 0 Å². The molecule has 0 fully saturated rings. The summed E-state index contributed by atoms with van der Waals surface area (Å²) in [5, 5.41) is 4.02. The number of ether oxygens (including phenoxy) is 1. The highest BCUT2D eigenvalue weighted by molar-refractivity contribution is 5.35. The minimum absolute atomic E-state index is 0.104. The Morgan fingerprint density at radius 1 is 1.28 bits per heavy atom. The predicted molar refractivity (Wildman–Crippen MR) is 62.2 cm³/mol. The van der Waals surface area contributed by atoms with Gasteiger partial charge in [0.05, 0.1) is 12.6 Å². The second kappa shape index (κ2) is 5.59. The SMILES string of the molecule is NC(Cn1cccn1)c1ccccc1OC(F)F. The van der Waals surface area contributed by atoms with E-state index in [0.29, 0.717) is 12.1 Å². The van der Waals surface area contributed by atoms with Crippen molar-refractivity contribution in [2.24, 2.45) is 5.73 Å². The van der Waals surface area contributed by atoms with E-state index in [9.17, 15) is 8.78 Å². The molecule has 0 bridgehead atoms. The molecule has 2 aromatic rings. The second-order valence-electron chi connectivity index (χ2n) is 3.75. The van der Waals surface area contributed by atoms with Crippen molar-refractivity contribution in [1.82, 2.24) is 9.78 Å². The molecule has 1 atom stereocenters. The summed E-state index contributed by atoms with van der Waals surface area (Å²) >= 11 is 0. The molecule has 0 aliphatic rings. The monoisotopic (exact) mass is 253 g/mol. The van der Waals surface area contributed by atoms with Gasteiger partial charge in [0.25, 0.3) is 0 Å². The third-order valence-corrected chi connectivity index (χ3v) is 2.48. The Labute approximate surface area is 103 Å². The van der Waals surface area contributed by atoms with Gasteiger partial charge >= 0.3 is 6.61 Å². The molecule has 1 unspecified atom stereocenters. The fourth-order valence-corrected chi connectivity index (χ4v) is 1.70. The highest BCUT2D eigenvalue weighted by Gasteiger charge is 2.15. The number of halogens is 2. The van der Waals surface area contributed by atoms with Crippen molar-refractivity contribution >= 4 is 0 Å². The van der Waals surface area contributed by atoms with E-state index in [0.717, 1.165) is 0 Å². The minimum Gasteiger partial charge on any atom is -0.434 e. The van der Waals surface area contributed by atoms with Crippen LogP contribution in [0.15, 0.2) is 42.7 Å². The second-order valence-corrected chi connectivity index (χ2v) is 3.75. The largest absolute Gasteiger partial charge is 0.434 e. The van der Waals surface area contributed by atoms with E-state index in [4.69, 9.17) is 5.73 Å². The van der Waals surface area contributed by atoms with E-state index >= 15 is 0 Å². The first-order valence-corrected chi connectivity index (χ1v) is 5.43. The van der Waals surface area contributed by atoms with Gasteiger partial charge in [-0.25, -0.2) is 0 Å². The molecule has 0 amide bonds. The van der Waals surface area contributed by atoms with Crippen molar-refractivity contribution in [3.05, 3.63) is 48.3 Å². The molecule has 1 aromatic heterocycles. The molecule has 2 N–H and O–H groups in total. The van der Waals surface area contributed by atoms with Crippen LogP contribution in [0.5, 0.6) is 5.75 Å². The lowest BCUT2D eigenvalue weighted by atomic mass is 10.1. The Hall–Kier alpha value is -1.95. The van der Waals surface area contributed by atoms with E-state index in [1.807, 2.05) is 0 Å². The molecular weight excluding hydrogens is 240 g/mol. The highest BCUT2D eigenvalue weighted by Crippen LogP contribution is 2.25. The summed E-state index contributed by atoms with van der Waals surface area (Å²) < 4.78 is 30.6. The predicted octanol–water partition coefficient (Wildman–Crippen LogP) is 2.18. The Kier molecular flexibility index (Phi) is 3.88. The maximum atomic E-state index is 12.3. The average molecular weight is 253 g/mol. The van der Waals surface area contributed by atoms with E-state index in [1.54, 1.807) is 41.3 Å². The molecule has 1 aromatic carbocycles.